The number of hydrogen-bond donors (Lipinski definition) is 1. The molecule has 1 amide bonds. The minimum Gasteiger partial charge on any atom is -0.503 e. The lowest BCUT2D eigenvalue weighted by molar-refractivity contribution is -0.130. The number of ether oxygens (including phenoxy) is 1. The molecule has 0 aromatic heterocycles. The summed E-state index contributed by atoms with van der Waals surface area (Å²) >= 11 is 6.09. The average Bonchev–Trinajstić information content (AvgIpc) is 3.00. The second-order valence-corrected chi connectivity index (χ2v) is 7.80. The van der Waals surface area contributed by atoms with Gasteiger partial charge >= 0.3 is 0 Å². The number of rotatable bonds is 5. The summed E-state index contributed by atoms with van der Waals surface area (Å²) in [6.07, 6.45) is 0. The lowest BCUT2D eigenvalue weighted by atomic mass is 9.93. The first-order valence-corrected chi connectivity index (χ1v) is 10.1. The second kappa shape index (κ2) is 8.25. The van der Waals surface area contributed by atoms with Crippen LogP contribution in [0.1, 0.15) is 28.3 Å². The Bertz CT molecular complexity index is 1100. The summed E-state index contributed by atoms with van der Waals surface area (Å²) in [4.78, 5) is 14.8. The Morgan fingerprint density at radius 3 is 2.40 bits per heavy atom. The van der Waals surface area contributed by atoms with E-state index in [2.05, 4.69) is 0 Å². The summed E-state index contributed by atoms with van der Waals surface area (Å²) in [5.74, 6) is 0.105. The van der Waals surface area contributed by atoms with Crippen LogP contribution in [0.25, 0.3) is 5.57 Å². The predicted molar refractivity (Wildman–Crippen MR) is 118 cm³/mol. The minimum absolute atomic E-state index is 0.221. The van der Waals surface area contributed by atoms with E-state index in [1.54, 1.807) is 24.1 Å². The molecule has 0 aliphatic carbocycles. The fraction of sp³-hybridized carbons (Fsp3) is 0.160. The number of carbonyl (C=O) groups excluding carboxylic acids is 1. The number of aryl methyl sites for hydroxylation is 1. The lowest BCUT2D eigenvalue weighted by Gasteiger charge is -2.27. The van der Waals surface area contributed by atoms with Gasteiger partial charge in [0, 0.05) is 17.1 Å². The van der Waals surface area contributed by atoms with Crippen molar-refractivity contribution in [1.82, 2.24) is 4.90 Å². The van der Waals surface area contributed by atoms with Crippen molar-refractivity contribution in [3.8, 4) is 5.75 Å². The fourth-order valence-electron chi connectivity index (χ4n) is 3.80. The van der Waals surface area contributed by atoms with Crippen LogP contribution in [0.3, 0.4) is 0 Å². The van der Waals surface area contributed by atoms with Crippen LogP contribution in [0.4, 0.5) is 0 Å². The van der Waals surface area contributed by atoms with E-state index in [-0.39, 0.29) is 5.76 Å². The van der Waals surface area contributed by atoms with Gasteiger partial charge in [-0.25, -0.2) is 0 Å². The van der Waals surface area contributed by atoms with Crippen molar-refractivity contribution in [1.29, 1.82) is 0 Å². The molecule has 0 radical (unpaired) electrons. The lowest BCUT2D eigenvalue weighted by Crippen LogP contribution is -2.29. The molecule has 5 heteroatoms. The van der Waals surface area contributed by atoms with Gasteiger partial charge in [0.25, 0.3) is 5.91 Å². The molecule has 4 nitrogen and oxygen atoms in total. The summed E-state index contributed by atoms with van der Waals surface area (Å²) in [5, 5.41) is 11.5. The normalized spacial score (nSPS) is 16.3. The molecule has 3 aromatic rings. The van der Waals surface area contributed by atoms with Crippen molar-refractivity contribution in [3.05, 3.63) is 106 Å². The van der Waals surface area contributed by atoms with Crippen molar-refractivity contribution >= 4 is 23.1 Å². The number of aliphatic hydroxyl groups excluding tert-OH is 1. The Morgan fingerprint density at radius 1 is 1.03 bits per heavy atom. The number of nitrogens with zero attached hydrogens (tertiary/aromatic N) is 1. The summed E-state index contributed by atoms with van der Waals surface area (Å²) < 4.78 is 5.32. The van der Waals surface area contributed by atoms with E-state index in [4.69, 9.17) is 16.3 Å². The molecule has 0 saturated heterocycles. The minimum atomic E-state index is -0.427. The van der Waals surface area contributed by atoms with Crippen molar-refractivity contribution < 1.29 is 14.6 Å². The van der Waals surface area contributed by atoms with Crippen molar-refractivity contribution in [2.24, 2.45) is 0 Å². The first kappa shape index (κ1) is 20.0. The molecule has 1 aliphatic heterocycles. The molecule has 30 heavy (non-hydrogen) atoms. The summed E-state index contributed by atoms with van der Waals surface area (Å²) in [6, 6.07) is 22.4. The number of aliphatic hydroxyl groups is 1. The van der Waals surface area contributed by atoms with E-state index in [1.165, 1.54) is 0 Å². The zero-order chi connectivity index (χ0) is 21.3. The van der Waals surface area contributed by atoms with Crippen LogP contribution in [0, 0.1) is 6.92 Å². The monoisotopic (exact) mass is 419 g/mol. The topological polar surface area (TPSA) is 49.8 Å². The van der Waals surface area contributed by atoms with Crippen molar-refractivity contribution in [3.63, 3.8) is 0 Å². The van der Waals surface area contributed by atoms with Gasteiger partial charge in [-0.2, -0.15) is 0 Å². The number of halogens is 1. The maximum Gasteiger partial charge on any atom is 0.290 e. The first-order valence-electron chi connectivity index (χ1n) is 9.67. The molecule has 0 fully saturated rings. The van der Waals surface area contributed by atoms with Crippen LogP contribution in [0.5, 0.6) is 5.75 Å². The third kappa shape index (κ3) is 3.79. The Labute approximate surface area is 181 Å². The standard InChI is InChI=1S/C25H22ClNO3/c1-16-6-8-18(9-7-16)22-23(19-10-12-20(26)13-11-19)27(25(29)24(22)28)15-17-4-3-5-21(14-17)30-2/h3-14,23,28H,15H2,1-2H3. The summed E-state index contributed by atoms with van der Waals surface area (Å²) in [7, 11) is 1.61. The molecule has 1 heterocycles. The third-order valence-electron chi connectivity index (χ3n) is 5.34. The van der Waals surface area contributed by atoms with Gasteiger partial charge in [0.15, 0.2) is 5.76 Å². The van der Waals surface area contributed by atoms with E-state index in [0.717, 1.165) is 28.0 Å². The Hall–Kier alpha value is -3.24. The quantitative estimate of drug-likeness (QED) is 0.576. The van der Waals surface area contributed by atoms with Gasteiger partial charge in [0.05, 0.1) is 13.2 Å². The Kier molecular flexibility index (Phi) is 5.51. The molecular weight excluding hydrogens is 398 g/mol. The Morgan fingerprint density at radius 2 is 1.73 bits per heavy atom. The number of hydrogen-bond acceptors (Lipinski definition) is 3. The van der Waals surface area contributed by atoms with Crippen LogP contribution in [0.2, 0.25) is 5.02 Å². The molecular formula is C25H22ClNO3. The molecule has 0 saturated carbocycles. The predicted octanol–water partition coefficient (Wildman–Crippen LogP) is 5.71. The highest BCUT2D eigenvalue weighted by Gasteiger charge is 2.41. The van der Waals surface area contributed by atoms with E-state index in [0.29, 0.717) is 17.1 Å². The molecule has 1 atom stereocenters. The van der Waals surface area contributed by atoms with E-state index >= 15 is 0 Å². The first-order chi connectivity index (χ1) is 14.5. The van der Waals surface area contributed by atoms with Crippen molar-refractivity contribution in [2.75, 3.05) is 7.11 Å². The van der Waals surface area contributed by atoms with Gasteiger partial charge < -0.3 is 14.7 Å². The van der Waals surface area contributed by atoms with E-state index < -0.39 is 11.9 Å². The number of methoxy groups -OCH3 is 1. The van der Waals surface area contributed by atoms with E-state index in [1.807, 2.05) is 67.6 Å². The molecule has 0 bridgehead atoms. The molecule has 3 aromatic carbocycles. The molecule has 4 rings (SSSR count). The van der Waals surface area contributed by atoms with Crippen LogP contribution < -0.4 is 4.74 Å². The van der Waals surface area contributed by atoms with Crippen LogP contribution in [-0.2, 0) is 11.3 Å². The van der Waals surface area contributed by atoms with Gasteiger partial charge in [0.2, 0.25) is 0 Å². The van der Waals surface area contributed by atoms with Crippen molar-refractivity contribution in [2.45, 2.75) is 19.5 Å². The van der Waals surface area contributed by atoms with Crippen LogP contribution in [-0.4, -0.2) is 23.0 Å². The van der Waals surface area contributed by atoms with Gasteiger partial charge in [-0.1, -0.05) is 65.7 Å². The van der Waals surface area contributed by atoms with Gasteiger partial charge in [-0.05, 0) is 47.9 Å². The summed E-state index contributed by atoms with van der Waals surface area (Å²) in [5.41, 5.74) is 4.33. The zero-order valence-electron chi connectivity index (χ0n) is 16.8. The smallest absolute Gasteiger partial charge is 0.290 e. The number of carbonyl (C=O) groups is 1. The molecule has 1 aliphatic rings. The van der Waals surface area contributed by atoms with E-state index in [9.17, 15) is 9.90 Å². The zero-order valence-corrected chi connectivity index (χ0v) is 17.6. The third-order valence-corrected chi connectivity index (χ3v) is 5.59. The maximum absolute atomic E-state index is 13.1. The van der Waals surface area contributed by atoms with Gasteiger partial charge in [-0.15, -0.1) is 0 Å². The highest BCUT2D eigenvalue weighted by Crippen LogP contribution is 2.44. The van der Waals surface area contributed by atoms with Gasteiger partial charge in [-0.3, -0.25) is 4.79 Å². The summed E-state index contributed by atoms with van der Waals surface area (Å²) in [6.45, 7) is 2.34. The molecule has 1 unspecified atom stereocenters. The van der Waals surface area contributed by atoms with Crippen LogP contribution >= 0.6 is 11.6 Å². The molecule has 0 spiro atoms. The van der Waals surface area contributed by atoms with Gasteiger partial charge in [0.1, 0.15) is 5.75 Å². The molecule has 1 N–H and O–H groups in total. The SMILES string of the molecule is COc1cccc(CN2C(=O)C(O)=C(c3ccc(C)cc3)C2c2ccc(Cl)cc2)c1. The second-order valence-electron chi connectivity index (χ2n) is 7.37. The van der Waals surface area contributed by atoms with Crippen LogP contribution in [0.15, 0.2) is 78.6 Å². The average molecular weight is 420 g/mol. The highest BCUT2D eigenvalue weighted by molar-refractivity contribution is 6.30. The largest absolute Gasteiger partial charge is 0.503 e. The Balaban J connectivity index is 1.79. The molecule has 152 valence electrons. The highest BCUT2D eigenvalue weighted by atomic mass is 35.5. The fourth-order valence-corrected chi connectivity index (χ4v) is 3.93. The number of benzene rings is 3. The number of amides is 1. The maximum atomic E-state index is 13.1.